The van der Waals surface area contributed by atoms with E-state index in [-0.39, 0.29) is 23.0 Å². The van der Waals surface area contributed by atoms with Gasteiger partial charge in [-0.05, 0) is 6.92 Å². The molecule has 8 nitrogen and oxygen atoms in total. The van der Waals surface area contributed by atoms with Crippen molar-refractivity contribution in [3.8, 4) is 0 Å². The second-order valence-electron chi connectivity index (χ2n) is 4.38. The third kappa shape index (κ3) is 2.21. The van der Waals surface area contributed by atoms with Gasteiger partial charge in [-0.1, -0.05) is 0 Å². The number of hydrogen-bond acceptors (Lipinski definition) is 6. The summed E-state index contributed by atoms with van der Waals surface area (Å²) in [7, 11) is 0.955. The normalized spacial score (nSPS) is 10.8. The van der Waals surface area contributed by atoms with Crippen molar-refractivity contribution < 1.29 is 19.6 Å². The van der Waals surface area contributed by atoms with E-state index < -0.39 is 18.6 Å². The number of methoxy groups -OCH3 is 1. The summed E-state index contributed by atoms with van der Waals surface area (Å²) in [6.07, 6.45) is 1.32. The highest BCUT2D eigenvalue weighted by Gasteiger charge is 2.24. The van der Waals surface area contributed by atoms with Crippen LogP contribution >= 0.6 is 0 Å². The van der Waals surface area contributed by atoms with Gasteiger partial charge in [-0.25, -0.2) is 4.98 Å². The molecule has 106 valence electrons. The molecule has 2 rings (SSSR count). The summed E-state index contributed by atoms with van der Waals surface area (Å²) in [6, 6.07) is 0. The molecular formula is C11H14BN3O5. The maximum absolute atomic E-state index is 12.2. The highest BCUT2D eigenvalue weighted by atomic mass is 16.5. The van der Waals surface area contributed by atoms with Crippen LogP contribution in [0.15, 0.2) is 11.0 Å². The number of nitrogens with zero attached hydrogens (tertiary/aromatic N) is 3. The summed E-state index contributed by atoms with van der Waals surface area (Å²) >= 11 is 0. The molecule has 0 aliphatic rings. The lowest BCUT2D eigenvalue weighted by atomic mass is 9.81. The zero-order chi connectivity index (χ0) is 15.0. The first-order valence-electron chi connectivity index (χ1n) is 5.86. The van der Waals surface area contributed by atoms with Crippen LogP contribution in [-0.2, 0) is 23.1 Å². The fourth-order valence-corrected chi connectivity index (χ4v) is 1.97. The van der Waals surface area contributed by atoms with Gasteiger partial charge in [-0.15, -0.1) is 0 Å². The number of esters is 1. The second-order valence-corrected chi connectivity index (χ2v) is 4.38. The number of aryl methyl sites for hydroxylation is 1. The third-order valence-corrected chi connectivity index (χ3v) is 3.16. The Morgan fingerprint density at radius 1 is 1.50 bits per heavy atom. The smallest absolute Gasteiger partial charge is 0.468 e. The van der Waals surface area contributed by atoms with Gasteiger partial charge in [0.15, 0.2) is 0 Å². The van der Waals surface area contributed by atoms with Gasteiger partial charge in [-0.2, -0.15) is 0 Å². The monoisotopic (exact) mass is 279 g/mol. The minimum Gasteiger partial charge on any atom is -0.468 e. The summed E-state index contributed by atoms with van der Waals surface area (Å²) in [5.41, 5.74) is -0.171. The Labute approximate surface area is 114 Å². The summed E-state index contributed by atoms with van der Waals surface area (Å²) in [4.78, 5) is 27.8. The zero-order valence-electron chi connectivity index (χ0n) is 11.3. The maximum Gasteiger partial charge on any atom is 0.490 e. The number of carbonyl (C=O) groups is 1. The largest absolute Gasteiger partial charge is 0.490 e. The molecule has 0 atom stereocenters. The van der Waals surface area contributed by atoms with Crippen molar-refractivity contribution in [2.24, 2.45) is 7.05 Å². The molecule has 0 unspecified atom stereocenters. The van der Waals surface area contributed by atoms with Crippen molar-refractivity contribution in [1.82, 2.24) is 14.1 Å². The number of carbonyl (C=O) groups excluding carboxylic acids is 1. The molecule has 2 heterocycles. The number of rotatable bonds is 3. The molecule has 0 saturated heterocycles. The van der Waals surface area contributed by atoms with E-state index in [1.807, 2.05) is 0 Å². The lowest BCUT2D eigenvalue weighted by Gasteiger charge is -2.06. The van der Waals surface area contributed by atoms with Gasteiger partial charge >= 0.3 is 13.1 Å². The van der Waals surface area contributed by atoms with Crippen molar-refractivity contribution in [2.45, 2.75) is 13.5 Å². The van der Waals surface area contributed by atoms with Crippen LogP contribution in [-0.4, -0.2) is 44.4 Å². The molecule has 0 aliphatic heterocycles. The molecular weight excluding hydrogens is 265 g/mol. The Hall–Kier alpha value is -2.13. The van der Waals surface area contributed by atoms with E-state index in [1.54, 1.807) is 6.92 Å². The molecule has 2 aromatic rings. The third-order valence-electron chi connectivity index (χ3n) is 3.16. The molecule has 0 saturated carbocycles. The lowest BCUT2D eigenvalue weighted by Crippen LogP contribution is -2.33. The molecule has 0 fully saturated rings. The molecule has 0 spiro atoms. The van der Waals surface area contributed by atoms with E-state index in [0.29, 0.717) is 5.82 Å². The first-order valence-corrected chi connectivity index (χ1v) is 5.86. The van der Waals surface area contributed by atoms with E-state index in [9.17, 15) is 19.6 Å². The first kappa shape index (κ1) is 14.3. The van der Waals surface area contributed by atoms with Crippen LogP contribution in [0.4, 0.5) is 0 Å². The van der Waals surface area contributed by atoms with Gasteiger partial charge in [0.2, 0.25) is 0 Å². The average molecular weight is 279 g/mol. The number of hydrogen-bond donors (Lipinski definition) is 2. The number of fused-ring (bicyclic) bond motifs is 1. The standard InChI is InChI=1S/C11H14BN3O5/c1-6-13-10-9(11(17)14(6)2)7(12(18)19)4-15(10)5-8(16)20-3/h4,18-19H,5H2,1-3H3. The predicted octanol–water partition coefficient (Wildman–Crippen LogP) is -2.10. The molecule has 9 heteroatoms. The molecule has 0 radical (unpaired) electrons. The summed E-state index contributed by atoms with van der Waals surface area (Å²) in [5.74, 6) is -0.0771. The highest BCUT2D eigenvalue weighted by molar-refractivity contribution is 6.61. The van der Waals surface area contributed by atoms with E-state index in [2.05, 4.69) is 9.72 Å². The van der Waals surface area contributed by atoms with E-state index in [1.165, 1.54) is 29.5 Å². The minimum atomic E-state index is -1.83. The van der Waals surface area contributed by atoms with Gasteiger partial charge in [0.05, 0.1) is 12.5 Å². The fourth-order valence-electron chi connectivity index (χ4n) is 1.97. The topological polar surface area (TPSA) is 107 Å². The quantitative estimate of drug-likeness (QED) is 0.492. The van der Waals surface area contributed by atoms with Crippen LogP contribution in [0, 0.1) is 6.92 Å². The molecule has 0 aromatic carbocycles. The van der Waals surface area contributed by atoms with Gasteiger partial charge in [0, 0.05) is 18.7 Å². The maximum atomic E-state index is 12.2. The molecule has 0 amide bonds. The van der Waals surface area contributed by atoms with Crippen LogP contribution in [0.2, 0.25) is 0 Å². The average Bonchev–Trinajstić information content (AvgIpc) is 2.75. The second kappa shape index (κ2) is 5.10. The number of aromatic nitrogens is 3. The summed E-state index contributed by atoms with van der Waals surface area (Å²) in [6.45, 7) is 1.48. The van der Waals surface area contributed by atoms with Crippen LogP contribution in [0.5, 0.6) is 0 Å². The van der Waals surface area contributed by atoms with Crippen LogP contribution < -0.4 is 11.0 Å². The molecule has 2 N–H and O–H groups in total. The summed E-state index contributed by atoms with van der Waals surface area (Å²) in [5, 5.41) is 18.8. The van der Waals surface area contributed by atoms with Gasteiger partial charge < -0.3 is 19.4 Å². The molecule has 0 bridgehead atoms. The zero-order valence-corrected chi connectivity index (χ0v) is 11.3. The minimum absolute atomic E-state index is 0.0111. The first-order chi connectivity index (χ1) is 9.36. The fraction of sp³-hybridized carbons (Fsp3) is 0.364. The van der Waals surface area contributed by atoms with Gasteiger partial charge in [-0.3, -0.25) is 14.2 Å². The van der Waals surface area contributed by atoms with Crippen molar-refractivity contribution >= 4 is 29.6 Å². The summed E-state index contributed by atoms with van der Waals surface area (Å²) < 4.78 is 7.23. The van der Waals surface area contributed by atoms with Gasteiger partial charge in [0.1, 0.15) is 18.0 Å². The Morgan fingerprint density at radius 3 is 2.70 bits per heavy atom. The molecule has 20 heavy (non-hydrogen) atoms. The molecule has 2 aromatic heterocycles. The molecule has 0 aliphatic carbocycles. The lowest BCUT2D eigenvalue weighted by molar-refractivity contribution is -0.141. The van der Waals surface area contributed by atoms with Crippen LogP contribution in [0.3, 0.4) is 0 Å². The van der Waals surface area contributed by atoms with Crippen molar-refractivity contribution in [3.05, 3.63) is 22.4 Å². The van der Waals surface area contributed by atoms with E-state index >= 15 is 0 Å². The van der Waals surface area contributed by atoms with E-state index in [4.69, 9.17) is 0 Å². The Kier molecular flexibility index (Phi) is 3.64. The highest BCUT2D eigenvalue weighted by Crippen LogP contribution is 2.09. The number of ether oxygens (including phenoxy) is 1. The van der Waals surface area contributed by atoms with Crippen molar-refractivity contribution in [3.63, 3.8) is 0 Å². The van der Waals surface area contributed by atoms with Crippen molar-refractivity contribution in [1.29, 1.82) is 0 Å². The predicted molar refractivity (Wildman–Crippen MR) is 71.6 cm³/mol. The SMILES string of the molecule is COC(=O)Cn1cc(B(O)O)c2c(=O)n(C)c(C)nc21. The van der Waals surface area contributed by atoms with Crippen LogP contribution in [0.1, 0.15) is 5.82 Å². The Bertz CT molecular complexity index is 734. The Morgan fingerprint density at radius 2 is 2.15 bits per heavy atom. The van der Waals surface area contributed by atoms with Crippen LogP contribution in [0.25, 0.3) is 11.0 Å². The van der Waals surface area contributed by atoms with Crippen molar-refractivity contribution in [2.75, 3.05) is 7.11 Å². The van der Waals surface area contributed by atoms with Gasteiger partial charge in [0.25, 0.3) is 5.56 Å². The van der Waals surface area contributed by atoms with E-state index in [0.717, 1.165) is 0 Å². The Balaban J connectivity index is 2.78.